The van der Waals surface area contributed by atoms with Crippen molar-refractivity contribution in [2.45, 2.75) is 19.4 Å². The van der Waals surface area contributed by atoms with Crippen LogP contribution in [0.5, 0.6) is 0 Å². The molecule has 1 fully saturated rings. The SMILES string of the molecule is O=C(OCc1c(F)c(F)c(F)c(Cl)c1F)C1CC1. The molecule has 0 aromatic heterocycles. The number of benzene rings is 1. The molecule has 1 aromatic rings. The van der Waals surface area contributed by atoms with Crippen molar-refractivity contribution in [1.82, 2.24) is 0 Å². The second-order valence-corrected chi connectivity index (χ2v) is 4.31. The van der Waals surface area contributed by atoms with Crippen molar-refractivity contribution in [2.75, 3.05) is 0 Å². The van der Waals surface area contributed by atoms with Crippen LogP contribution in [0.2, 0.25) is 5.02 Å². The predicted octanol–water partition coefficient (Wildman–Crippen LogP) is 3.35. The number of rotatable bonds is 3. The predicted molar refractivity (Wildman–Crippen MR) is 53.8 cm³/mol. The zero-order valence-electron chi connectivity index (χ0n) is 8.90. The van der Waals surface area contributed by atoms with Crippen molar-refractivity contribution >= 4 is 17.6 Å². The highest BCUT2D eigenvalue weighted by Crippen LogP contribution is 2.32. The average Bonchev–Trinajstić information content (AvgIpc) is 3.18. The van der Waals surface area contributed by atoms with Crippen LogP contribution in [0.4, 0.5) is 17.6 Å². The van der Waals surface area contributed by atoms with E-state index in [0.717, 1.165) is 0 Å². The first-order chi connectivity index (χ1) is 8.43. The lowest BCUT2D eigenvalue weighted by Crippen LogP contribution is -2.11. The van der Waals surface area contributed by atoms with Gasteiger partial charge < -0.3 is 4.74 Å². The van der Waals surface area contributed by atoms with Gasteiger partial charge in [-0.2, -0.15) is 0 Å². The highest BCUT2D eigenvalue weighted by atomic mass is 35.5. The maximum Gasteiger partial charge on any atom is 0.309 e. The number of carbonyl (C=O) groups is 1. The standard InChI is InChI=1S/C11H7ClF4O2/c12-6-7(13)5(8(14)10(16)9(6)15)3-18-11(17)4-1-2-4/h4H,1-3H2. The van der Waals surface area contributed by atoms with Crippen LogP contribution in [0.3, 0.4) is 0 Å². The molecule has 1 aliphatic carbocycles. The van der Waals surface area contributed by atoms with Gasteiger partial charge in [0.25, 0.3) is 0 Å². The van der Waals surface area contributed by atoms with Gasteiger partial charge in [0, 0.05) is 0 Å². The number of carbonyl (C=O) groups excluding carboxylic acids is 1. The molecule has 2 rings (SSSR count). The van der Waals surface area contributed by atoms with Crippen LogP contribution in [0.1, 0.15) is 18.4 Å². The molecule has 0 radical (unpaired) electrons. The Hall–Kier alpha value is -1.30. The van der Waals surface area contributed by atoms with Gasteiger partial charge in [0.1, 0.15) is 11.6 Å². The molecule has 0 unspecified atom stereocenters. The topological polar surface area (TPSA) is 26.3 Å². The summed E-state index contributed by atoms with van der Waals surface area (Å²) in [5, 5.41) is -1.16. The summed E-state index contributed by atoms with van der Waals surface area (Å²) in [6, 6.07) is 0. The lowest BCUT2D eigenvalue weighted by Gasteiger charge is -2.09. The molecular weight excluding hydrogens is 276 g/mol. The monoisotopic (exact) mass is 282 g/mol. The molecular formula is C11H7ClF4O2. The van der Waals surface area contributed by atoms with Gasteiger partial charge in [0.15, 0.2) is 23.3 Å². The van der Waals surface area contributed by atoms with E-state index in [1.807, 2.05) is 0 Å². The van der Waals surface area contributed by atoms with Crippen LogP contribution in [0.25, 0.3) is 0 Å². The van der Waals surface area contributed by atoms with E-state index in [4.69, 9.17) is 11.6 Å². The molecule has 0 atom stereocenters. The largest absolute Gasteiger partial charge is 0.460 e. The van der Waals surface area contributed by atoms with E-state index in [2.05, 4.69) is 4.74 Å². The minimum atomic E-state index is -1.89. The summed E-state index contributed by atoms with van der Waals surface area (Å²) in [6.07, 6.45) is 1.31. The van der Waals surface area contributed by atoms with Gasteiger partial charge in [-0.3, -0.25) is 4.79 Å². The molecule has 18 heavy (non-hydrogen) atoms. The Kier molecular flexibility index (Phi) is 3.47. The molecule has 0 aliphatic heterocycles. The van der Waals surface area contributed by atoms with Gasteiger partial charge in [-0.1, -0.05) is 11.6 Å². The summed E-state index contributed by atoms with van der Waals surface area (Å²) in [5.41, 5.74) is -0.895. The Bertz CT molecular complexity index is 485. The van der Waals surface area contributed by atoms with Crippen LogP contribution in [0.15, 0.2) is 0 Å². The van der Waals surface area contributed by atoms with Crippen molar-refractivity contribution in [3.63, 3.8) is 0 Å². The van der Waals surface area contributed by atoms with E-state index >= 15 is 0 Å². The number of hydrogen-bond acceptors (Lipinski definition) is 2. The minimum Gasteiger partial charge on any atom is -0.460 e. The molecule has 0 saturated heterocycles. The van der Waals surface area contributed by atoms with E-state index in [1.165, 1.54) is 0 Å². The quantitative estimate of drug-likeness (QED) is 0.368. The Morgan fingerprint density at radius 3 is 2.28 bits per heavy atom. The Labute approximate surface area is 104 Å². The van der Waals surface area contributed by atoms with Gasteiger partial charge in [0.05, 0.1) is 11.5 Å². The molecule has 1 aromatic carbocycles. The Morgan fingerprint density at radius 1 is 1.11 bits per heavy atom. The fraction of sp³-hybridized carbons (Fsp3) is 0.364. The van der Waals surface area contributed by atoms with Crippen LogP contribution in [0, 0.1) is 29.2 Å². The highest BCUT2D eigenvalue weighted by molar-refractivity contribution is 6.31. The summed E-state index contributed by atoms with van der Waals surface area (Å²) in [4.78, 5) is 11.2. The number of hydrogen-bond donors (Lipinski definition) is 0. The second-order valence-electron chi connectivity index (χ2n) is 3.93. The molecule has 7 heteroatoms. The number of halogens is 5. The first kappa shape index (κ1) is 13.1. The normalized spacial score (nSPS) is 14.7. The summed E-state index contributed by atoms with van der Waals surface area (Å²) in [5.74, 6) is -7.77. The van der Waals surface area contributed by atoms with Gasteiger partial charge in [-0.05, 0) is 12.8 Å². The fourth-order valence-corrected chi connectivity index (χ4v) is 1.55. The van der Waals surface area contributed by atoms with Gasteiger partial charge >= 0.3 is 5.97 Å². The third-order valence-corrected chi connectivity index (χ3v) is 2.90. The Morgan fingerprint density at radius 2 is 1.72 bits per heavy atom. The van der Waals surface area contributed by atoms with E-state index in [0.29, 0.717) is 12.8 Å². The van der Waals surface area contributed by atoms with Gasteiger partial charge in [0.2, 0.25) is 0 Å². The molecule has 2 nitrogen and oxygen atoms in total. The van der Waals surface area contributed by atoms with Crippen LogP contribution in [-0.4, -0.2) is 5.97 Å². The third kappa shape index (κ3) is 2.29. The van der Waals surface area contributed by atoms with Crippen molar-refractivity contribution < 1.29 is 27.1 Å². The lowest BCUT2D eigenvalue weighted by atomic mass is 10.2. The van der Waals surface area contributed by atoms with Crippen LogP contribution >= 0.6 is 11.6 Å². The second kappa shape index (κ2) is 4.76. The molecule has 0 N–H and O–H groups in total. The van der Waals surface area contributed by atoms with E-state index < -0.39 is 46.4 Å². The first-order valence-electron chi connectivity index (χ1n) is 5.10. The zero-order chi connectivity index (χ0) is 13.4. The van der Waals surface area contributed by atoms with Gasteiger partial charge in [-0.25, -0.2) is 17.6 Å². The molecule has 0 amide bonds. The summed E-state index contributed by atoms with van der Waals surface area (Å²) >= 11 is 5.15. The fourth-order valence-electron chi connectivity index (χ4n) is 1.36. The van der Waals surface area contributed by atoms with Crippen molar-refractivity contribution in [2.24, 2.45) is 5.92 Å². The molecule has 0 bridgehead atoms. The third-order valence-electron chi connectivity index (χ3n) is 2.57. The lowest BCUT2D eigenvalue weighted by molar-refractivity contribution is -0.146. The highest BCUT2D eigenvalue weighted by Gasteiger charge is 2.32. The minimum absolute atomic E-state index is 0.267. The van der Waals surface area contributed by atoms with Crippen molar-refractivity contribution in [3.8, 4) is 0 Å². The maximum absolute atomic E-state index is 13.4. The molecule has 1 aliphatic rings. The zero-order valence-corrected chi connectivity index (χ0v) is 9.66. The van der Waals surface area contributed by atoms with Gasteiger partial charge in [-0.15, -0.1) is 0 Å². The van der Waals surface area contributed by atoms with Crippen LogP contribution in [-0.2, 0) is 16.1 Å². The van der Waals surface area contributed by atoms with E-state index in [-0.39, 0.29) is 5.92 Å². The van der Waals surface area contributed by atoms with Crippen molar-refractivity contribution in [3.05, 3.63) is 33.9 Å². The Balaban J connectivity index is 2.23. The molecule has 0 heterocycles. The summed E-state index contributed by atoms with van der Waals surface area (Å²) < 4.78 is 57.1. The molecule has 0 spiro atoms. The van der Waals surface area contributed by atoms with E-state index in [1.54, 1.807) is 0 Å². The maximum atomic E-state index is 13.4. The average molecular weight is 283 g/mol. The van der Waals surface area contributed by atoms with Crippen LogP contribution < -0.4 is 0 Å². The van der Waals surface area contributed by atoms with E-state index in [9.17, 15) is 22.4 Å². The first-order valence-corrected chi connectivity index (χ1v) is 5.48. The number of esters is 1. The summed E-state index contributed by atoms with van der Waals surface area (Å²) in [6.45, 7) is -0.816. The number of ether oxygens (including phenoxy) is 1. The summed E-state index contributed by atoms with van der Waals surface area (Å²) in [7, 11) is 0. The molecule has 98 valence electrons. The van der Waals surface area contributed by atoms with Crippen molar-refractivity contribution in [1.29, 1.82) is 0 Å². The molecule has 1 saturated carbocycles. The smallest absolute Gasteiger partial charge is 0.309 e.